The number of carbonyl (C=O) groups is 2. The lowest BCUT2D eigenvalue weighted by Crippen LogP contribution is -2.54. The van der Waals surface area contributed by atoms with E-state index < -0.39 is 0 Å². The Morgan fingerprint density at radius 3 is 2.85 bits per heavy atom. The standard InChI is InChI=1S/C15H19N3O2/c16-15(6-1-7-15)9-17-14(20)11-2-4-12-10(8-11)3-5-13(19)18-12/h2,4,8H,1,3,5-7,9,16H2,(H,17,20)(H,18,19). The Morgan fingerprint density at radius 1 is 1.35 bits per heavy atom. The fourth-order valence-electron chi connectivity index (χ4n) is 2.69. The molecule has 1 fully saturated rings. The van der Waals surface area contributed by atoms with E-state index in [9.17, 15) is 9.59 Å². The third-order valence-corrected chi connectivity index (χ3v) is 4.21. The summed E-state index contributed by atoms with van der Waals surface area (Å²) in [6, 6.07) is 5.39. The smallest absolute Gasteiger partial charge is 0.251 e. The van der Waals surface area contributed by atoms with Gasteiger partial charge in [0, 0.05) is 29.8 Å². The zero-order chi connectivity index (χ0) is 14.2. The van der Waals surface area contributed by atoms with E-state index in [2.05, 4.69) is 10.6 Å². The molecule has 3 rings (SSSR count). The summed E-state index contributed by atoms with van der Waals surface area (Å²) in [6.45, 7) is 0.527. The normalized spacial score (nSPS) is 19.6. The molecule has 2 aliphatic rings. The first kappa shape index (κ1) is 13.1. The van der Waals surface area contributed by atoms with Gasteiger partial charge < -0.3 is 16.4 Å². The summed E-state index contributed by atoms with van der Waals surface area (Å²) in [5.41, 5.74) is 8.34. The van der Waals surface area contributed by atoms with Crippen LogP contribution in [-0.4, -0.2) is 23.9 Å². The maximum atomic E-state index is 12.1. The molecule has 0 saturated heterocycles. The van der Waals surface area contributed by atoms with E-state index in [1.807, 2.05) is 6.07 Å². The van der Waals surface area contributed by atoms with Crippen LogP contribution in [0.25, 0.3) is 0 Å². The lowest BCUT2D eigenvalue weighted by molar-refractivity contribution is -0.116. The van der Waals surface area contributed by atoms with Gasteiger partial charge in [0.25, 0.3) is 5.91 Å². The third kappa shape index (κ3) is 2.54. The van der Waals surface area contributed by atoms with E-state index in [1.54, 1.807) is 12.1 Å². The Bertz CT molecular complexity index is 564. The maximum Gasteiger partial charge on any atom is 0.251 e. The van der Waals surface area contributed by atoms with Crippen molar-refractivity contribution in [1.29, 1.82) is 0 Å². The predicted octanol–water partition coefficient (Wildman–Crippen LogP) is 1.18. The molecule has 0 spiro atoms. The van der Waals surface area contributed by atoms with Gasteiger partial charge in [0.05, 0.1) is 0 Å². The maximum absolute atomic E-state index is 12.1. The van der Waals surface area contributed by atoms with Crippen LogP contribution in [0, 0.1) is 0 Å². The summed E-state index contributed by atoms with van der Waals surface area (Å²) in [6.07, 6.45) is 4.25. The van der Waals surface area contributed by atoms with Gasteiger partial charge >= 0.3 is 0 Å². The molecule has 1 aliphatic heterocycles. The molecule has 1 saturated carbocycles. The van der Waals surface area contributed by atoms with Gasteiger partial charge in [-0.25, -0.2) is 0 Å². The molecule has 4 N–H and O–H groups in total. The second-order valence-electron chi connectivity index (χ2n) is 5.82. The molecular weight excluding hydrogens is 254 g/mol. The van der Waals surface area contributed by atoms with E-state index in [0.717, 1.165) is 30.5 Å². The first-order valence-electron chi connectivity index (χ1n) is 7.06. The van der Waals surface area contributed by atoms with Crippen molar-refractivity contribution in [2.75, 3.05) is 11.9 Å². The molecule has 5 nitrogen and oxygen atoms in total. The molecule has 5 heteroatoms. The molecule has 0 radical (unpaired) electrons. The van der Waals surface area contributed by atoms with Crippen LogP contribution in [0.3, 0.4) is 0 Å². The van der Waals surface area contributed by atoms with Gasteiger partial charge in [0.1, 0.15) is 0 Å². The summed E-state index contributed by atoms with van der Waals surface area (Å²) in [7, 11) is 0. The first-order valence-corrected chi connectivity index (χ1v) is 7.06. The monoisotopic (exact) mass is 273 g/mol. The fourth-order valence-corrected chi connectivity index (χ4v) is 2.69. The topological polar surface area (TPSA) is 84.2 Å². The van der Waals surface area contributed by atoms with Gasteiger partial charge in [-0.15, -0.1) is 0 Å². The Hall–Kier alpha value is -1.88. The van der Waals surface area contributed by atoms with E-state index >= 15 is 0 Å². The Kier molecular flexibility index (Phi) is 3.22. The van der Waals surface area contributed by atoms with Crippen molar-refractivity contribution in [2.24, 2.45) is 5.73 Å². The number of rotatable bonds is 3. The zero-order valence-electron chi connectivity index (χ0n) is 11.4. The number of hydrogen-bond donors (Lipinski definition) is 3. The number of nitrogens with two attached hydrogens (primary N) is 1. The molecule has 0 bridgehead atoms. The summed E-state index contributed by atoms with van der Waals surface area (Å²) in [5, 5.41) is 5.72. The van der Waals surface area contributed by atoms with Crippen LogP contribution in [0.2, 0.25) is 0 Å². The van der Waals surface area contributed by atoms with E-state index in [0.29, 0.717) is 24.9 Å². The van der Waals surface area contributed by atoms with Gasteiger partial charge in [0.15, 0.2) is 0 Å². The van der Waals surface area contributed by atoms with Crippen molar-refractivity contribution in [3.05, 3.63) is 29.3 Å². The second-order valence-corrected chi connectivity index (χ2v) is 5.82. The van der Waals surface area contributed by atoms with Gasteiger partial charge in [-0.2, -0.15) is 0 Å². The average Bonchev–Trinajstić information content (AvgIpc) is 2.42. The highest BCUT2D eigenvalue weighted by molar-refractivity contribution is 5.97. The van der Waals surface area contributed by atoms with Crippen LogP contribution in [0.4, 0.5) is 5.69 Å². The minimum absolute atomic E-state index is 0.0322. The summed E-state index contributed by atoms with van der Waals surface area (Å²) >= 11 is 0. The van der Waals surface area contributed by atoms with E-state index in [1.165, 1.54) is 0 Å². The van der Waals surface area contributed by atoms with Gasteiger partial charge in [-0.3, -0.25) is 9.59 Å². The van der Waals surface area contributed by atoms with Crippen LogP contribution in [0.1, 0.15) is 41.6 Å². The molecule has 0 unspecified atom stereocenters. The lowest BCUT2D eigenvalue weighted by atomic mass is 9.78. The molecule has 2 amide bonds. The van der Waals surface area contributed by atoms with Crippen molar-refractivity contribution in [3.63, 3.8) is 0 Å². The number of carbonyl (C=O) groups excluding carboxylic acids is 2. The Balaban J connectivity index is 1.67. The zero-order valence-corrected chi connectivity index (χ0v) is 11.4. The van der Waals surface area contributed by atoms with Crippen molar-refractivity contribution in [2.45, 2.75) is 37.6 Å². The molecule has 1 aromatic carbocycles. The molecule has 20 heavy (non-hydrogen) atoms. The quantitative estimate of drug-likeness (QED) is 0.773. The van der Waals surface area contributed by atoms with E-state index in [-0.39, 0.29) is 17.4 Å². The van der Waals surface area contributed by atoms with Crippen molar-refractivity contribution in [1.82, 2.24) is 5.32 Å². The number of amides is 2. The molecule has 1 aliphatic carbocycles. The van der Waals surface area contributed by atoms with Gasteiger partial charge in [-0.1, -0.05) is 0 Å². The fraction of sp³-hybridized carbons (Fsp3) is 0.467. The number of fused-ring (bicyclic) bond motifs is 1. The highest BCUT2D eigenvalue weighted by Crippen LogP contribution is 2.28. The van der Waals surface area contributed by atoms with Crippen LogP contribution < -0.4 is 16.4 Å². The number of nitrogens with one attached hydrogen (secondary N) is 2. The van der Waals surface area contributed by atoms with Crippen LogP contribution in [0.15, 0.2) is 18.2 Å². The minimum Gasteiger partial charge on any atom is -0.350 e. The lowest BCUT2D eigenvalue weighted by Gasteiger charge is -2.38. The van der Waals surface area contributed by atoms with Gasteiger partial charge in [-0.05, 0) is 49.4 Å². The summed E-state index contributed by atoms with van der Waals surface area (Å²) in [4.78, 5) is 23.4. The first-order chi connectivity index (χ1) is 9.56. The Labute approximate surface area is 117 Å². The third-order valence-electron chi connectivity index (χ3n) is 4.21. The molecule has 0 atom stereocenters. The van der Waals surface area contributed by atoms with Crippen LogP contribution in [0.5, 0.6) is 0 Å². The SMILES string of the molecule is NC1(CNC(=O)c2ccc3c(c2)CCC(=O)N3)CCC1. The number of hydrogen-bond acceptors (Lipinski definition) is 3. The Morgan fingerprint density at radius 2 is 2.15 bits per heavy atom. The largest absolute Gasteiger partial charge is 0.350 e. The van der Waals surface area contributed by atoms with E-state index in [4.69, 9.17) is 5.73 Å². The summed E-state index contributed by atoms with van der Waals surface area (Å²) < 4.78 is 0. The number of benzene rings is 1. The van der Waals surface area contributed by atoms with Crippen molar-refractivity contribution >= 4 is 17.5 Å². The summed E-state index contributed by atoms with van der Waals surface area (Å²) in [5.74, 6) is -0.0637. The minimum atomic E-state index is -0.210. The van der Waals surface area contributed by atoms with Gasteiger partial charge in [0.2, 0.25) is 5.91 Å². The molecule has 1 aromatic rings. The average molecular weight is 273 g/mol. The second kappa shape index (κ2) is 4.90. The molecule has 0 aromatic heterocycles. The number of anilines is 1. The van der Waals surface area contributed by atoms with Crippen LogP contribution >= 0.6 is 0 Å². The highest BCUT2D eigenvalue weighted by atomic mass is 16.2. The molecular formula is C15H19N3O2. The van der Waals surface area contributed by atoms with Crippen LogP contribution in [-0.2, 0) is 11.2 Å². The van der Waals surface area contributed by atoms with Crippen molar-refractivity contribution in [3.8, 4) is 0 Å². The predicted molar refractivity (Wildman–Crippen MR) is 76.5 cm³/mol. The molecule has 1 heterocycles. The molecule has 106 valence electrons. The van der Waals surface area contributed by atoms with Crippen molar-refractivity contribution < 1.29 is 9.59 Å². The number of aryl methyl sites for hydroxylation is 1. The highest BCUT2D eigenvalue weighted by Gasteiger charge is 2.32.